The molecule has 0 amide bonds. The molecule has 4 heteroatoms. The molecule has 0 N–H and O–H groups in total. The maximum Gasteiger partial charge on any atom is 0.0991 e. The number of benzene rings is 5. The molecule has 0 fully saturated rings. The first-order valence-electron chi connectivity index (χ1n) is 15.2. The van der Waals surface area contributed by atoms with E-state index >= 15 is 0 Å². The van der Waals surface area contributed by atoms with Crippen molar-refractivity contribution in [3.8, 4) is 62.2 Å². The lowest BCUT2D eigenvalue weighted by Crippen LogP contribution is -1.95. The van der Waals surface area contributed by atoms with Crippen LogP contribution < -0.4 is 0 Å². The lowest BCUT2D eigenvalue weighted by Gasteiger charge is -2.17. The Kier molecular flexibility index (Phi) is 6.83. The number of fused-ring (bicyclic) bond motifs is 2. The first-order chi connectivity index (χ1) is 22.7. The number of pyridine rings is 3. The Morgan fingerprint density at radius 3 is 1.80 bits per heavy atom. The summed E-state index contributed by atoms with van der Waals surface area (Å²) in [5.74, 6) is 0. The van der Waals surface area contributed by atoms with Crippen molar-refractivity contribution in [1.82, 2.24) is 15.0 Å². The Hall–Kier alpha value is -6.44. The van der Waals surface area contributed by atoms with E-state index in [2.05, 4.69) is 101 Å². The SMILES string of the molecule is N#Cc1ccc(-c2cccc3cc(-c4ccc5ccccc5c4-c4cc(-c5ccccn5)nc(-c5ccccn5)c4)ccc23)cc1. The summed E-state index contributed by atoms with van der Waals surface area (Å²) in [5, 5.41) is 13.9. The number of rotatable bonds is 5. The van der Waals surface area contributed by atoms with Gasteiger partial charge in [-0.25, -0.2) is 4.98 Å². The second-order valence-electron chi connectivity index (χ2n) is 11.2. The molecule has 3 aromatic heterocycles. The molecular weight excluding hydrogens is 560 g/mol. The number of aromatic nitrogens is 3. The molecule has 0 atom stereocenters. The first-order valence-corrected chi connectivity index (χ1v) is 15.2. The fourth-order valence-corrected chi connectivity index (χ4v) is 6.22. The fraction of sp³-hybridized carbons (Fsp3) is 0. The van der Waals surface area contributed by atoms with Gasteiger partial charge >= 0.3 is 0 Å². The number of nitrogens with zero attached hydrogens (tertiary/aromatic N) is 4. The third-order valence-corrected chi connectivity index (χ3v) is 8.41. The quantitative estimate of drug-likeness (QED) is 0.201. The molecule has 0 saturated carbocycles. The second kappa shape index (κ2) is 11.6. The van der Waals surface area contributed by atoms with E-state index in [1.165, 1.54) is 5.39 Å². The second-order valence-corrected chi connectivity index (χ2v) is 11.2. The predicted octanol–water partition coefficient (Wildman–Crippen LogP) is 10.4. The van der Waals surface area contributed by atoms with Crippen molar-refractivity contribution in [2.45, 2.75) is 0 Å². The minimum absolute atomic E-state index is 0.656. The molecule has 0 saturated heterocycles. The molecule has 0 bridgehead atoms. The summed E-state index contributed by atoms with van der Waals surface area (Å²) in [6.07, 6.45) is 3.60. The van der Waals surface area contributed by atoms with Crippen LogP contribution in [0.1, 0.15) is 5.56 Å². The van der Waals surface area contributed by atoms with Crippen LogP contribution in [0.5, 0.6) is 0 Å². The largest absolute Gasteiger partial charge is 0.255 e. The molecule has 0 unspecified atom stereocenters. The number of hydrogen-bond donors (Lipinski definition) is 0. The van der Waals surface area contributed by atoms with Gasteiger partial charge in [-0.05, 0) is 110 Å². The van der Waals surface area contributed by atoms with Gasteiger partial charge in [-0.3, -0.25) is 9.97 Å². The van der Waals surface area contributed by atoms with Gasteiger partial charge in [-0.15, -0.1) is 0 Å². The van der Waals surface area contributed by atoms with Crippen LogP contribution in [-0.2, 0) is 0 Å². The van der Waals surface area contributed by atoms with Gasteiger partial charge in [-0.1, -0.05) is 91.0 Å². The third-order valence-electron chi connectivity index (χ3n) is 8.41. The van der Waals surface area contributed by atoms with Crippen LogP contribution in [0.15, 0.2) is 158 Å². The van der Waals surface area contributed by atoms with Gasteiger partial charge in [0.1, 0.15) is 0 Å². The maximum absolute atomic E-state index is 9.27. The topological polar surface area (TPSA) is 62.5 Å². The van der Waals surface area contributed by atoms with Crippen LogP contribution in [0.4, 0.5) is 0 Å². The van der Waals surface area contributed by atoms with E-state index in [1.54, 1.807) is 12.4 Å². The third kappa shape index (κ3) is 4.96. The minimum Gasteiger partial charge on any atom is -0.255 e. The van der Waals surface area contributed by atoms with Crippen LogP contribution >= 0.6 is 0 Å². The molecule has 0 spiro atoms. The van der Waals surface area contributed by atoms with Crippen LogP contribution in [0, 0.1) is 11.3 Å². The Bertz CT molecular complexity index is 2350. The summed E-state index contributed by atoms with van der Waals surface area (Å²) in [5.41, 5.74) is 10.5. The zero-order valence-corrected chi connectivity index (χ0v) is 24.8. The standard InChI is InChI=1S/C42H26N4/c43-27-28-14-16-30(17-15-28)34-11-7-9-31-24-32(19-20-35(31)34)37-21-18-29-8-1-2-10-36(29)42(37)33-25-40(38-12-3-5-22-44-38)46-41(26-33)39-13-4-6-23-45-39/h1-26H. The molecule has 0 aliphatic heterocycles. The van der Waals surface area contributed by atoms with E-state index in [-0.39, 0.29) is 0 Å². The van der Waals surface area contributed by atoms with E-state index in [0.717, 1.165) is 72.3 Å². The highest BCUT2D eigenvalue weighted by Gasteiger charge is 2.17. The van der Waals surface area contributed by atoms with E-state index < -0.39 is 0 Å². The van der Waals surface area contributed by atoms with Crippen LogP contribution in [0.25, 0.3) is 77.7 Å². The van der Waals surface area contributed by atoms with Crippen molar-refractivity contribution in [2.24, 2.45) is 0 Å². The highest BCUT2D eigenvalue weighted by molar-refractivity contribution is 6.06. The van der Waals surface area contributed by atoms with Crippen molar-refractivity contribution in [3.63, 3.8) is 0 Å². The molecular formula is C42H26N4. The Morgan fingerprint density at radius 2 is 1.11 bits per heavy atom. The molecule has 46 heavy (non-hydrogen) atoms. The fourth-order valence-electron chi connectivity index (χ4n) is 6.22. The average Bonchev–Trinajstić information content (AvgIpc) is 3.14. The zero-order chi connectivity index (χ0) is 30.9. The summed E-state index contributed by atoms with van der Waals surface area (Å²) in [7, 11) is 0. The van der Waals surface area contributed by atoms with Crippen LogP contribution in [-0.4, -0.2) is 15.0 Å². The number of hydrogen-bond acceptors (Lipinski definition) is 4. The number of nitriles is 1. The summed E-state index contributed by atoms with van der Waals surface area (Å²) in [6.45, 7) is 0. The van der Waals surface area contributed by atoms with E-state index in [9.17, 15) is 5.26 Å². The van der Waals surface area contributed by atoms with E-state index in [1.807, 2.05) is 60.7 Å². The Labute approximate surface area is 266 Å². The summed E-state index contributed by atoms with van der Waals surface area (Å²) >= 11 is 0. The minimum atomic E-state index is 0.656. The molecule has 8 aromatic rings. The molecule has 5 aromatic carbocycles. The molecule has 0 radical (unpaired) electrons. The molecule has 3 heterocycles. The van der Waals surface area contributed by atoms with Gasteiger partial charge in [0.25, 0.3) is 0 Å². The lowest BCUT2D eigenvalue weighted by molar-refractivity contribution is 1.22. The monoisotopic (exact) mass is 586 g/mol. The Morgan fingerprint density at radius 1 is 0.435 bits per heavy atom. The molecule has 0 aliphatic carbocycles. The van der Waals surface area contributed by atoms with Gasteiger partial charge in [0.2, 0.25) is 0 Å². The molecule has 8 rings (SSSR count). The van der Waals surface area contributed by atoms with Gasteiger partial charge in [-0.2, -0.15) is 5.26 Å². The predicted molar refractivity (Wildman–Crippen MR) is 187 cm³/mol. The smallest absolute Gasteiger partial charge is 0.0991 e. The maximum atomic E-state index is 9.27. The molecule has 214 valence electrons. The van der Waals surface area contributed by atoms with Crippen LogP contribution in [0.3, 0.4) is 0 Å². The van der Waals surface area contributed by atoms with E-state index in [4.69, 9.17) is 4.98 Å². The van der Waals surface area contributed by atoms with Gasteiger partial charge in [0.15, 0.2) is 0 Å². The van der Waals surface area contributed by atoms with Gasteiger partial charge in [0, 0.05) is 12.4 Å². The zero-order valence-electron chi connectivity index (χ0n) is 24.8. The highest BCUT2D eigenvalue weighted by atomic mass is 14.8. The van der Waals surface area contributed by atoms with Crippen molar-refractivity contribution in [1.29, 1.82) is 5.26 Å². The Balaban J connectivity index is 1.35. The molecule has 0 aliphatic rings. The van der Waals surface area contributed by atoms with Crippen molar-refractivity contribution < 1.29 is 0 Å². The summed E-state index contributed by atoms with van der Waals surface area (Å²) in [4.78, 5) is 14.3. The summed E-state index contributed by atoms with van der Waals surface area (Å²) in [6, 6.07) is 52.1. The van der Waals surface area contributed by atoms with Crippen molar-refractivity contribution in [3.05, 3.63) is 164 Å². The molecule has 4 nitrogen and oxygen atoms in total. The van der Waals surface area contributed by atoms with E-state index in [0.29, 0.717) is 5.56 Å². The lowest BCUT2D eigenvalue weighted by atomic mass is 9.88. The first kappa shape index (κ1) is 27.1. The average molecular weight is 587 g/mol. The van der Waals surface area contributed by atoms with Crippen molar-refractivity contribution in [2.75, 3.05) is 0 Å². The summed E-state index contributed by atoms with van der Waals surface area (Å²) < 4.78 is 0. The van der Waals surface area contributed by atoms with Crippen LogP contribution in [0.2, 0.25) is 0 Å². The van der Waals surface area contributed by atoms with Crippen molar-refractivity contribution >= 4 is 21.5 Å². The highest BCUT2D eigenvalue weighted by Crippen LogP contribution is 2.41. The van der Waals surface area contributed by atoms with Gasteiger partial charge < -0.3 is 0 Å². The normalized spacial score (nSPS) is 11.0. The van der Waals surface area contributed by atoms with Gasteiger partial charge in [0.05, 0.1) is 34.4 Å².